The van der Waals surface area contributed by atoms with E-state index in [1.807, 2.05) is 50.2 Å². The number of fused-ring (bicyclic) bond motifs is 3. The van der Waals surface area contributed by atoms with Crippen molar-refractivity contribution in [2.45, 2.75) is 37.9 Å². The van der Waals surface area contributed by atoms with Gasteiger partial charge in [0.05, 0.1) is 11.1 Å². The van der Waals surface area contributed by atoms with Crippen LogP contribution in [0.25, 0.3) is 10.2 Å². The molecule has 2 heterocycles. The lowest BCUT2D eigenvalue weighted by atomic mass is 10.2. The van der Waals surface area contributed by atoms with E-state index in [0.717, 1.165) is 46.4 Å². The molecule has 0 saturated heterocycles. The average molecular weight is 455 g/mol. The number of thioether (sulfide) groups is 1. The van der Waals surface area contributed by atoms with E-state index >= 15 is 0 Å². The largest absolute Gasteiger partial charge is 0.378 e. The van der Waals surface area contributed by atoms with Crippen LogP contribution in [0.1, 0.15) is 23.8 Å². The van der Waals surface area contributed by atoms with Crippen LogP contribution < -0.4 is 15.8 Å². The molecule has 4 rings (SSSR count). The van der Waals surface area contributed by atoms with Gasteiger partial charge in [-0.05, 0) is 56.0 Å². The molecule has 0 atom stereocenters. The van der Waals surface area contributed by atoms with E-state index in [2.05, 4.69) is 11.9 Å². The van der Waals surface area contributed by atoms with Gasteiger partial charge in [0.2, 0.25) is 5.91 Å². The van der Waals surface area contributed by atoms with Crippen molar-refractivity contribution in [2.24, 2.45) is 0 Å². The Hall–Kier alpha value is -2.58. The van der Waals surface area contributed by atoms with Gasteiger partial charge >= 0.3 is 0 Å². The summed E-state index contributed by atoms with van der Waals surface area (Å²) in [6, 6.07) is 7.68. The summed E-state index contributed by atoms with van der Waals surface area (Å²) in [6.45, 7) is 6.27. The maximum absolute atomic E-state index is 13.3. The molecular formula is C23H26N4O2S2. The third-order valence-electron chi connectivity index (χ3n) is 5.22. The third kappa shape index (κ3) is 4.55. The number of benzene rings is 1. The van der Waals surface area contributed by atoms with Crippen molar-refractivity contribution in [1.82, 2.24) is 9.55 Å². The molecule has 3 aromatic rings. The lowest BCUT2D eigenvalue weighted by Gasteiger charge is -2.14. The Bertz CT molecular complexity index is 1210. The smallest absolute Gasteiger partial charge is 0.263 e. The number of amides is 1. The van der Waals surface area contributed by atoms with Crippen LogP contribution >= 0.6 is 23.1 Å². The Labute approximate surface area is 190 Å². The molecule has 6 nitrogen and oxygen atoms in total. The van der Waals surface area contributed by atoms with Gasteiger partial charge in [-0.15, -0.1) is 11.3 Å². The molecule has 162 valence electrons. The molecule has 1 amide bonds. The Balaban J connectivity index is 1.55. The van der Waals surface area contributed by atoms with Crippen molar-refractivity contribution in [3.8, 4) is 0 Å². The average Bonchev–Trinajstić information content (AvgIpc) is 3.30. The summed E-state index contributed by atoms with van der Waals surface area (Å²) in [5.74, 6) is 0.0433. The highest BCUT2D eigenvalue weighted by Crippen LogP contribution is 2.35. The fourth-order valence-corrected chi connectivity index (χ4v) is 5.85. The molecule has 0 spiro atoms. The first-order valence-electron chi connectivity index (χ1n) is 10.2. The highest BCUT2D eigenvalue weighted by molar-refractivity contribution is 7.99. The summed E-state index contributed by atoms with van der Waals surface area (Å²) in [6.07, 6.45) is 3.07. The van der Waals surface area contributed by atoms with Crippen molar-refractivity contribution in [2.75, 3.05) is 30.1 Å². The van der Waals surface area contributed by atoms with E-state index in [-0.39, 0.29) is 17.2 Å². The van der Waals surface area contributed by atoms with Gasteiger partial charge in [-0.3, -0.25) is 14.2 Å². The Kier molecular flexibility index (Phi) is 6.20. The SMILES string of the molecule is C=C(C)Cn1c(SCC(=O)Nc2ccc(N(C)C)cc2)nc2sc3c(c2c1=O)CCC3. The minimum absolute atomic E-state index is 0.0189. The zero-order chi connectivity index (χ0) is 22.1. The molecule has 2 aromatic heterocycles. The fourth-order valence-electron chi connectivity index (χ4n) is 3.75. The minimum Gasteiger partial charge on any atom is -0.378 e. The second-order valence-electron chi connectivity index (χ2n) is 8.06. The molecule has 1 aliphatic rings. The molecule has 31 heavy (non-hydrogen) atoms. The Morgan fingerprint density at radius 2 is 2.03 bits per heavy atom. The molecule has 1 aliphatic carbocycles. The predicted octanol–water partition coefficient (Wildman–Crippen LogP) is 4.32. The fraction of sp³-hybridized carbons (Fsp3) is 0.348. The molecular weight excluding hydrogens is 428 g/mol. The normalized spacial score (nSPS) is 12.7. The number of carbonyl (C=O) groups excluding carboxylic acids is 1. The summed E-state index contributed by atoms with van der Waals surface area (Å²) in [5.41, 5.74) is 3.84. The maximum atomic E-state index is 13.3. The van der Waals surface area contributed by atoms with Crippen LogP contribution in [-0.4, -0.2) is 35.3 Å². The summed E-state index contributed by atoms with van der Waals surface area (Å²) in [7, 11) is 3.95. The van der Waals surface area contributed by atoms with Gasteiger partial charge < -0.3 is 10.2 Å². The van der Waals surface area contributed by atoms with E-state index in [1.165, 1.54) is 22.2 Å². The van der Waals surface area contributed by atoms with E-state index in [4.69, 9.17) is 4.98 Å². The zero-order valence-electron chi connectivity index (χ0n) is 18.0. The van der Waals surface area contributed by atoms with Crippen LogP contribution in [0.2, 0.25) is 0 Å². The lowest BCUT2D eigenvalue weighted by Crippen LogP contribution is -2.24. The summed E-state index contributed by atoms with van der Waals surface area (Å²) in [5, 5.41) is 4.24. The number of rotatable bonds is 7. The monoisotopic (exact) mass is 454 g/mol. The third-order valence-corrected chi connectivity index (χ3v) is 7.38. The van der Waals surface area contributed by atoms with Crippen molar-refractivity contribution < 1.29 is 4.79 Å². The highest BCUT2D eigenvalue weighted by atomic mass is 32.2. The van der Waals surface area contributed by atoms with Gasteiger partial charge in [-0.25, -0.2) is 4.98 Å². The van der Waals surface area contributed by atoms with E-state index in [9.17, 15) is 9.59 Å². The zero-order valence-corrected chi connectivity index (χ0v) is 19.7. The van der Waals surface area contributed by atoms with Crippen LogP contribution in [0.5, 0.6) is 0 Å². The predicted molar refractivity (Wildman–Crippen MR) is 131 cm³/mol. The first-order valence-corrected chi connectivity index (χ1v) is 12.0. The van der Waals surface area contributed by atoms with Gasteiger partial charge in [0, 0.05) is 36.9 Å². The Morgan fingerprint density at radius 1 is 1.29 bits per heavy atom. The first kappa shape index (κ1) is 21.6. The number of carbonyl (C=O) groups is 1. The Morgan fingerprint density at radius 3 is 2.71 bits per heavy atom. The lowest BCUT2D eigenvalue weighted by molar-refractivity contribution is -0.113. The van der Waals surface area contributed by atoms with Crippen molar-refractivity contribution >= 4 is 50.6 Å². The number of thiophene rings is 1. The molecule has 0 unspecified atom stereocenters. The number of hydrogen-bond donors (Lipinski definition) is 1. The van der Waals surface area contributed by atoms with Crippen LogP contribution in [0, 0.1) is 0 Å². The van der Waals surface area contributed by atoms with Gasteiger partial charge in [0.1, 0.15) is 4.83 Å². The number of aryl methyl sites for hydroxylation is 2. The van der Waals surface area contributed by atoms with Gasteiger partial charge in [-0.2, -0.15) is 0 Å². The number of allylic oxidation sites excluding steroid dienone is 1. The van der Waals surface area contributed by atoms with Crippen LogP contribution in [-0.2, 0) is 24.2 Å². The van der Waals surface area contributed by atoms with Crippen molar-refractivity contribution in [3.05, 3.63) is 57.2 Å². The number of aromatic nitrogens is 2. The van der Waals surface area contributed by atoms with E-state index in [0.29, 0.717) is 11.7 Å². The summed E-state index contributed by atoms with van der Waals surface area (Å²) in [4.78, 5) is 34.7. The molecule has 1 aromatic carbocycles. The number of hydrogen-bond acceptors (Lipinski definition) is 6. The van der Waals surface area contributed by atoms with Crippen molar-refractivity contribution in [1.29, 1.82) is 0 Å². The number of nitrogens with one attached hydrogen (secondary N) is 1. The van der Waals surface area contributed by atoms with Gasteiger partial charge in [0.15, 0.2) is 5.16 Å². The molecule has 1 N–H and O–H groups in total. The molecule has 0 fully saturated rings. The first-order chi connectivity index (χ1) is 14.8. The van der Waals surface area contributed by atoms with Crippen LogP contribution in [0.15, 0.2) is 46.4 Å². The van der Waals surface area contributed by atoms with Crippen LogP contribution in [0.3, 0.4) is 0 Å². The molecule has 0 aliphatic heterocycles. The molecule has 0 radical (unpaired) electrons. The van der Waals surface area contributed by atoms with Crippen LogP contribution in [0.4, 0.5) is 11.4 Å². The quantitative estimate of drug-likeness (QED) is 0.327. The molecule has 8 heteroatoms. The second-order valence-corrected chi connectivity index (χ2v) is 10.1. The molecule has 0 bridgehead atoms. The second kappa shape index (κ2) is 8.88. The van der Waals surface area contributed by atoms with E-state index < -0.39 is 0 Å². The number of nitrogens with zero attached hydrogens (tertiary/aromatic N) is 3. The minimum atomic E-state index is -0.132. The number of anilines is 2. The highest BCUT2D eigenvalue weighted by Gasteiger charge is 2.23. The standard InChI is InChI=1S/C23H26N4O2S2/c1-14(2)12-27-22(29)20-17-6-5-7-18(17)31-21(20)25-23(27)30-13-19(28)24-15-8-10-16(11-9-15)26(3)4/h8-11H,1,5-7,12-13H2,2-4H3,(H,24,28). The summed E-state index contributed by atoms with van der Waals surface area (Å²) >= 11 is 2.91. The molecule has 0 saturated carbocycles. The van der Waals surface area contributed by atoms with Gasteiger partial charge in [0.25, 0.3) is 5.56 Å². The topological polar surface area (TPSA) is 67.2 Å². The maximum Gasteiger partial charge on any atom is 0.263 e. The summed E-state index contributed by atoms with van der Waals surface area (Å²) < 4.78 is 1.67. The van der Waals surface area contributed by atoms with Gasteiger partial charge in [-0.1, -0.05) is 23.9 Å². The van der Waals surface area contributed by atoms with Crippen molar-refractivity contribution in [3.63, 3.8) is 0 Å². The van der Waals surface area contributed by atoms with E-state index in [1.54, 1.807) is 15.9 Å².